The molecule has 1 N–H and O–H groups in total. The molecule has 0 unspecified atom stereocenters. The molecule has 0 aliphatic carbocycles. The van der Waals surface area contributed by atoms with Crippen LogP contribution in [0.4, 0.5) is 5.69 Å². The van der Waals surface area contributed by atoms with E-state index in [9.17, 15) is 18.0 Å². The number of nitrogens with zero attached hydrogens (tertiary/aromatic N) is 2. The topological polar surface area (TPSA) is 105 Å². The van der Waals surface area contributed by atoms with Crippen molar-refractivity contribution in [1.29, 1.82) is 0 Å². The molecule has 208 valence electrons. The highest BCUT2D eigenvalue weighted by atomic mass is 32.2. The second kappa shape index (κ2) is 13.1. The van der Waals surface area contributed by atoms with Crippen molar-refractivity contribution in [3.8, 4) is 11.5 Å². The van der Waals surface area contributed by atoms with Crippen molar-refractivity contribution in [1.82, 2.24) is 10.2 Å². The lowest BCUT2D eigenvalue weighted by Gasteiger charge is -2.32. The van der Waals surface area contributed by atoms with Crippen molar-refractivity contribution in [3.05, 3.63) is 83.9 Å². The van der Waals surface area contributed by atoms with E-state index in [1.165, 1.54) is 24.1 Å². The Labute approximate surface area is 230 Å². The van der Waals surface area contributed by atoms with Crippen LogP contribution in [0.5, 0.6) is 11.5 Å². The number of sulfonamides is 1. The molecule has 1 atom stereocenters. The molecule has 0 saturated heterocycles. The third-order valence-electron chi connectivity index (χ3n) is 6.28. The van der Waals surface area contributed by atoms with E-state index in [2.05, 4.69) is 5.32 Å². The van der Waals surface area contributed by atoms with Crippen LogP contribution in [-0.4, -0.2) is 58.5 Å². The summed E-state index contributed by atoms with van der Waals surface area (Å²) < 4.78 is 39.1. The summed E-state index contributed by atoms with van der Waals surface area (Å²) in [4.78, 5) is 28.1. The van der Waals surface area contributed by atoms with E-state index in [1.54, 1.807) is 81.6 Å². The lowest BCUT2D eigenvalue weighted by Crippen LogP contribution is -2.51. The van der Waals surface area contributed by atoms with E-state index in [0.29, 0.717) is 23.7 Å². The van der Waals surface area contributed by atoms with Crippen molar-refractivity contribution in [3.63, 3.8) is 0 Å². The first-order valence-corrected chi connectivity index (χ1v) is 14.0. The Bertz CT molecular complexity index is 1360. The molecule has 0 bridgehead atoms. The van der Waals surface area contributed by atoms with Gasteiger partial charge in [0.2, 0.25) is 11.8 Å². The molecule has 0 heterocycles. The maximum Gasteiger partial charge on any atom is 0.264 e. The van der Waals surface area contributed by atoms with Gasteiger partial charge in [-0.15, -0.1) is 0 Å². The number of aryl methyl sites for hydroxylation is 1. The van der Waals surface area contributed by atoms with Gasteiger partial charge in [-0.1, -0.05) is 29.8 Å². The third-order valence-corrected chi connectivity index (χ3v) is 8.07. The van der Waals surface area contributed by atoms with Gasteiger partial charge < -0.3 is 19.7 Å². The van der Waals surface area contributed by atoms with Crippen LogP contribution >= 0.6 is 0 Å². The number of hydrogen-bond acceptors (Lipinski definition) is 6. The third kappa shape index (κ3) is 7.29. The Hall–Kier alpha value is -4.05. The van der Waals surface area contributed by atoms with Gasteiger partial charge in [-0.25, -0.2) is 8.42 Å². The van der Waals surface area contributed by atoms with E-state index in [-0.39, 0.29) is 17.3 Å². The highest BCUT2D eigenvalue weighted by molar-refractivity contribution is 7.92. The van der Waals surface area contributed by atoms with Crippen molar-refractivity contribution in [2.75, 3.05) is 31.6 Å². The molecule has 0 fully saturated rings. The van der Waals surface area contributed by atoms with Crippen LogP contribution in [0.3, 0.4) is 0 Å². The Kier molecular flexibility index (Phi) is 9.95. The molecule has 3 rings (SSSR count). The van der Waals surface area contributed by atoms with Gasteiger partial charge in [0.05, 0.1) is 24.8 Å². The first-order chi connectivity index (χ1) is 18.6. The normalized spacial score (nSPS) is 11.8. The summed E-state index contributed by atoms with van der Waals surface area (Å²) in [5, 5.41) is 2.75. The summed E-state index contributed by atoms with van der Waals surface area (Å²) in [6.07, 6.45) is 0. The minimum Gasteiger partial charge on any atom is -0.497 e. The highest BCUT2D eigenvalue weighted by Gasteiger charge is 2.32. The summed E-state index contributed by atoms with van der Waals surface area (Å²) in [7, 11) is -1.06. The molecule has 2 amide bonds. The van der Waals surface area contributed by atoms with E-state index in [0.717, 1.165) is 15.4 Å². The Morgan fingerprint density at radius 1 is 0.872 bits per heavy atom. The van der Waals surface area contributed by atoms with Crippen LogP contribution in [-0.2, 0) is 26.2 Å². The molecule has 10 heteroatoms. The number of carbonyl (C=O) groups excluding carboxylic acids is 2. The Morgan fingerprint density at radius 2 is 1.41 bits per heavy atom. The number of carbonyl (C=O) groups is 2. The SMILES string of the molecule is CCNC(=O)[C@@H](C)N(Cc1ccc(OC)cc1)C(=O)CN(c1ccc(OC)cc1)S(=O)(=O)c1ccc(C)cc1. The number of amides is 2. The lowest BCUT2D eigenvalue weighted by atomic mass is 10.1. The summed E-state index contributed by atoms with van der Waals surface area (Å²) >= 11 is 0. The fourth-order valence-electron chi connectivity index (χ4n) is 3.95. The number of ether oxygens (including phenoxy) is 2. The van der Waals surface area contributed by atoms with Gasteiger partial charge in [-0.2, -0.15) is 0 Å². The van der Waals surface area contributed by atoms with E-state index < -0.39 is 28.5 Å². The van der Waals surface area contributed by atoms with Gasteiger partial charge in [0.1, 0.15) is 24.1 Å². The monoisotopic (exact) mass is 553 g/mol. The molecule has 3 aromatic rings. The second-order valence-electron chi connectivity index (χ2n) is 8.96. The van der Waals surface area contributed by atoms with Crippen molar-refractivity contribution in [2.45, 2.75) is 38.3 Å². The molecule has 0 radical (unpaired) electrons. The van der Waals surface area contributed by atoms with E-state index in [1.807, 2.05) is 6.92 Å². The summed E-state index contributed by atoms with van der Waals surface area (Å²) in [6, 6.07) is 19.1. The predicted molar refractivity (Wildman–Crippen MR) is 150 cm³/mol. The average molecular weight is 554 g/mol. The molecular formula is C29H35N3O6S. The van der Waals surface area contributed by atoms with Crippen LogP contribution in [0.1, 0.15) is 25.0 Å². The minimum atomic E-state index is -4.13. The molecule has 9 nitrogen and oxygen atoms in total. The Morgan fingerprint density at radius 3 is 1.92 bits per heavy atom. The highest BCUT2D eigenvalue weighted by Crippen LogP contribution is 2.27. The largest absolute Gasteiger partial charge is 0.497 e. The molecule has 0 aliphatic rings. The zero-order chi connectivity index (χ0) is 28.6. The van der Waals surface area contributed by atoms with Gasteiger partial charge in [0, 0.05) is 13.1 Å². The van der Waals surface area contributed by atoms with Gasteiger partial charge in [-0.05, 0) is 74.9 Å². The summed E-state index contributed by atoms with van der Waals surface area (Å²) in [6.45, 7) is 5.26. The number of benzene rings is 3. The Balaban J connectivity index is 2.02. The molecule has 3 aromatic carbocycles. The fraction of sp³-hybridized carbons (Fsp3) is 0.310. The van der Waals surface area contributed by atoms with Crippen molar-refractivity contribution < 1.29 is 27.5 Å². The first-order valence-electron chi connectivity index (χ1n) is 12.5. The molecule has 0 aromatic heterocycles. The molecule has 39 heavy (non-hydrogen) atoms. The van der Waals surface area contributed by atoms with Gasteiger partial charge in [0.25, 0.3) is 10.0 Å². The smallest absolute Gasteiger partial charge is 0.264 e. The first kappa shape index (κ1) is 29.5. The van der Waals surface area contributed by atoms with Crippen LogP contribution in [0, 0.1) is 6.92 Å². The van der Waals surface area contributed by atoms with Gasteiger partial charge in [0.15, 0.2) is 0 Å². The van der Waals surface area contributed by atoms with Crippen molar-refractivity contribution >= 4 is 27.5 Å². The van der Waals surface area contributed by atoms with Gasteiger partial charge >= 0.3 is 0 Å². The fourth-order valence-corrected chi connectivity index (χ4v) is 5.36. The van der Waals surface area contributed by atoms with Crippen LogP contribution < -0.4 is 19.1 Å². The standard InChI is InChI=1S/C29H35N3O6S/c1-6-30-29(34)22(3)31(19-23-9-13-25(37-4)14-10-23)28(33)20-32(24-11-15-26(38-5)16-12-24)39(35,36)27-17-7-21(2)8-18-27/h7-18,22H,6,19-20H2,1-5H3,(H,30,34)/t22-/m1/s1. The van der Waals surface area contributed by atoms with E-state index >= 15 is 0 Å². The van der Waals surface area contributed by atoms with Crippen LogP contribution in [0.25, 0.3) is 0 Å². The molecular weight excluding hydrogens is 518 g/mol. The second-order valence-corrected chi connectivity index (χ2v) is 10.8. The number of anilines is 1. The summed E-state index contributed by atoms with van der Waals surface area (Å²) in [5.41, 5.74) is 1.96. The van der Waals surface area contributed by atoms with Gasteiger partial charge in [-0.3, -0.25) is 13.9 Å². The molecule has 0 spiro atoms. The number of likely N-dealkylation sites (N-methyl/N-ethyl adjacent to an activating group) is 1. The number of rotatable bonds is 12. The molecule has 0 aliphatic heterocycles. The minimum absolute atomic E-state index is 0.0511. The predicted octanol–water partition coefficient (Wildman–Crippen LogP) is 3.76. The molecule has 0 saturated carbocycles. The van der Waals surface area contributed by atoms with Crippen LogP contribution in [0.15, 0.2) is 77.7 Å². The maximum atomic E-state index is 13.9. The maximum absolute atomic E-state index is 13.9. The van der Waals surface area contributed by atoms with Crippen molar-refractivity contribution in [2.24, 2.45) is 0 Å². The lowest BCUT2D eigenvalue weighted by molar-refractivity contribution is -0.139. The number of nitrogens with one attached hydrogen (secondary N) is 1. The number of methoxy groups -OCH3 is 2. The quantitative estimate of drug-likeness (QED) is 0.366. The number of hydrogen-bond donors (Lipinski definition) is 1. The summed E-state index contributed by atoms with van der Waals surface area (Å²) in [5.74, 6) is 0.333. The van der Waals surface area contributed by atoms with E-state index in [4.69, 9.17) is 9.47 Å². The van der Waals surface area contributed by atoms with Crippen LogP contribution in [0.2, 0.25) is 0 Å². The zero-order valence-corrected chi connectivity index (χ0v) is 23.7. The zero-order valence-electron chi connectivity index (χ0n) is 22.9. The average Bonchev–Trinajstić information content (AvgIpc) is 2.94.